The van der Waals surface area contributed by atoms with Gasteiger partial charge >= 0.3 is 19.6 Å². The second kappa shape index (κ2) is 10.6. The monoisotopic (exact) mass is 567 g/mol. The van der Waals surface area contributed by atoms with Gasteiger partial charge in [0.25, 0.3) is 0 Å². The van der Waals surface area contributed by atoms with Crippen molar-refractivity contribution < 1.29 is 48.6 Å². The molecule has 3 rings (SSSR count). The van der Waals surface area contributed by atoms with Crippen LogP contribution in [0.3, 0.4) is 0 Å². The fourth-order valence-electron chi connectivity index (χ4n) is 3.55. The van der Waals surface area contributed by atoms with E-state index in [1.54, 1.807) is 0 Å². The molecule has 3 heterocycles. The third-order valence-corrected chi connectivity index (χ3v) is 7.79. The largest absolute Gasteiger partial charge is 0.480 e. The van der Waals surface area contributed by atoms with E-state index < -0.39 is 62.3 Å². The summed E-state index contributed by atoms with van der Waals surface area (Å²) in [6.07, 6.45) is -4.43. The number of halogens is 1. The van der Waals surface area contributed by atoms with E-state index in [4.69, 9.17) is 41.5 Å². The number of aliphatic carboxylic acids is 2. The highest BCUT2D eigenvalue weighted by atomic mass is 35.5. The molecule has 0 spiro atoms. The van der Waals surface area contributed by atoms with Crippen molar-refractivity contribution >= 4 is 48.3 Å². The van der Waals surface area contributed by atoms with Crippen molar-refractivity contribution in [2.75, 3.05) is 19.5 Å². The summed E-state index contributed by atoms with van der Waals surface area (Å²) in [5.41, 5.74) is 3.81. The third kappa shape index (κ3) is 5.78. The minimum atomic E-state index is -4.34. The second-order valence-corrected chi connectivity index (χ2v) is 10.7. The van der Waals surface area contributed by atoms with E-state index in [0.717, 1.165) is 4.57 Å². The topological polar surface area (TPSA) is 253 Å². The lowest BCUT2D eigenvalue weighted by Crippen LogP contribution is -2.45. The average Bonchev–Trinajstić information content (AvgIpc) is 3.23. The van der Waals surface area contributed by atoms with Gasteiger partial charge in [-0.3, -0.25) is 18.7 Å². The molecule has 0 aromatic carbocycles. The standard InChI is InChI=1S/C18H27ClN7O10P/c1-6(13(28)29)24-37(33,25-7(2)14(30)31)35-5-8-10(27)18(3,32)15(36-8)26-11-9(21-16(26)19)12(34-4)23-17(20)22-11/h6-8,10,15,27,32H,5H2,1-4H3,(H,28,29)(H,30,31)(H2,20,22,23)(H2,24,25,33)/t6?,7?,8-,10-,15-,18-,37?/m1/s1. The van der Waals surface area contributed by atoms with E-state index in [9.17, 15) is 24.4 Å². The minimum absolute atomic E-state index is 0.000547. The summed E-state index contributed by atoms with van der Waals surface area (Å²) in [5, 5.41) is 44.4. The summed E-state index contributed by atoms with van der Waals surface area (Å²) in [5.74, 6) is -2.96. The van der Waals surface area contributed by atoms with Crippen molar-refractivity contribution in [1.29, 1.82) is 0 Å². The number of anilines is 1. The van der Waals surface area contributed by atoms with Crippen LogP contribution in [0.15, 0.2) is 0 Å². The fraction of sp³-hybridized carbons (Fsp3) is 0.611. The predicted molar refractivity (Wildman–Crippen MR) is 126 cm³/mol. The van der Waals surface area contributed by atoms with Crippen LogP contribution in [-0.4, -0.2) is 95.5 Å². The first kappa shape index (κ1) is 28.9. The molecule has 0 bridgehead atoms. The molecule has 17 nitrogen and oxygen atoms in total. The number of carboxylic acids is 2. The van der Waals surface area contributed by atoms with Crippen molar-refractivity contribution in [1.82, 2.24) is 29.7 Å². The molecule has 1 aliphatic rings. The number of fused-ring (bicyclic) bond motifs is 1. The summed E-state index contributed by atoms with van der Waals surface area (Å²) in [6, 6.07) is -2.80. The molecule has 1 fully saturated rings. The molecule has 8 N–H and O–H groups in total. The molecule has 6 atom stereocenters. The van der Waals surface area contributed by atoms with Crippen LogP contribution in [0.25, 0.3) is 11.2 Å². The molecule has 2 unspecified atom stereocenters. The number of imidazole rings is 1. The average molecular weight is 568 g/mol. The predicted octanol–water partition coefficient (Wildman–Crippen LogP) is -0.670. The van der Waals surface area contributed by atoms with Crippen molar-refractivity contribution in [2.24, 2.45) is 0 Å². The van der Waals surface area contributed by atoms with Gasteiger partial charge in [0.15, 0.2) is 17.4 Å². The first-order valence-electron chi connectivity index (χ1n) is 10.7. The Hall–Kier alpha value is -2.63. The minimum Gasteiger partial charge on any atom is -0.480 e. The van der Waals surface area contributed by atoms with Crippen LogP contribution in [0.4, 0.5) is 5.95 Å². The SMILES string of the molecule is COc1nc(N)nc2c1nc(Cl)n2[C@@H]1O[C@H](COP(=O)(NC(C)C(=O)O)NC(C)C(=O)O)[C@@H](O)[C@@]1(C)O. The number of ether oxygens (including phenoxy) is 2. The zero-order chi connectivity index (χ0) is 27.9. The Morgan fingerprint density at radius 3 is 2.32 bits per heavy atom. The zero-order valence-corrected chi connectivity index (χ0v) is 21.7. The Kier molecular flexibility index (Phi) is 8.31. The Labute approximate surface area is 214 Å². The van der Waals surface area contributed by atoms with Crippen molar-refractivity contribution in [3.63, 3.8) is 0 Å². The fourth-order valence-corrected chi connectivity index (χ4v) is 5.63. The van der Waals surface area contributed by atoms with Crippen LogP contribution in [0.1, 0.15) is 27.0 Å². The van der Waals surface area contributed by atoms with E-state index in [1.165, 1.54) is 27.9 Å². The number of carboxylic acid groups (broad SMARTS) is 2. The quantitative estimate of drug-likeness (QED) is 0.131. The number of carbonyl (C=O) groups is 2. The van der Waals surface area contributed by atoms with Gasteiger partial charge < -0.3 is 40.2 Å². The van der Waals surface area contributed by atoms with Crippen molar-refractivity contribution in [3.8, 4) is 5.88 Å². The molecule has 19 heteroatoms. The Bertz CT molecular complexity index is 1220. The molecule has 0 saturated carbocycles. The normalized spacial score (nSPS) is 27.1. The number of nitrogen functional groups attached to an aromatic ring is 1. The third-order valence-electron chi connectivity index (χ3n) is 5.55. The number of hydrogen-bond acceptors (Lipinski definition) is 12. The van der Waals surface area contributed by atoms with E-state index in [2.05, 4.69) is 25.1 Å². The summed E-state index contributed by atoms with van der Waals surface area (Å²) in [7, 11) is -3.02. The van der Waals surface area contributed by atoms with Crippen LogP contribution >= 0.6 is 19.3 Å². The van der Waals surface area contributed by atoms with Gasteiger partial charge in [0.2, 0.25) is 17.1 Å². The number of aromatic nitrogens is 4. The number of nitrogens with two attached hydrogens (primary N) is 1. The number of methoxy groups -OCH3 is 1. The lowest BCUT2D eigenvalue weighted by atomic mass is 9.96. The Morgan fingerprint density at radius 1 is 1.24 bits per heavy atom. The molecule has 0 aliphatic carbocycles. The van der Waals surface area contributed by atoms with E-state index in [0.29, 0.717) is 0 Å². The Balaban J connectivity index is 1.90. The summed E-state index contributed by atoms with van der Waals surface area (Å²) in [4.78, 5) is 34.6. The Morgan fingerprint density at radius 2 is 1.81 bits per heavy atom. The zero-order valence-electron chi connectivity index (χ0n) is 20.0. The summed E-state index contributed by atoms with van der Waals surface area (Å²) in [6.45, 7) is 2.90. The smallest absolute Gasteiger partial charge is 0.342 e. The lowest BCUT2D eigenvalue weighted by molar-refractivity contribution is -0.139. The highest BCUT2D eigenvalue weighted by molar-refractivity contribution is 7.54. The number of nitrogens with zero attached hydrogens (tertiary/aromatic N) is 4. The van der Waals surface area contributed by atoms with Gasteiger partial charge in [-0.25, -0.2) is 15.2 Å². The van der Waals surface area contributed by atoms with Gasteiger partial charge in [-0.15, -0.1) is 0 Å². The molecule has 0 amide bonds. The van der Waals surface area contributed by atoms with Gasteiger partial charge in [-0.2, -0.15) is 9.97 Å². The van der Waals surface area contributed by atoms with Crippen molar-refractivity contribution in [3.05, 3.63) is 5.28 Å². The van der Waals surface area contributed by atoms with E-state index in [-0.39, 0.29) is 28.3 Å². The molecule has 0 radical (unpaired) electrons. The lowest BCUT2D eigenvalue weighted by Gasteiger charge is -2.28. The molecule has 2 aromatic heterocycles. The summed E-state index contributed by atoms with van der Waals surface area (Å²) >= 11 is 6.28. The molecular weight excluding hydrogens is 541 g/mol. The summed E-state index contributed by atoms with van der Waals surface area (Å²) < 4.78 is 30.7. The molecule has 2 aromatic rings. The van der Waals surface area contributed by atoms with Crippen LogP contribution in [-0.2, 0) is 23.4 Å². The van der Waals surface area contributed by atoms with Gasteiger partial charge in [0, 0.05) is 0 Å². The highest BCUT2D eigenvalue weighted by Crippen LogP contribution is 2.45. The van der Waals surface area contributed by atoms with Crippen LogP contribution < -0.4 is 20.6 Å². The van der Waals surface area contributed by atoms with Crippen molar-refractivity contribution in [2.45, 2.75) is 56.9 Å². The molecule has 1 saturated heterocycles. The first-order valence-corrected chi connectivity index (χ1v) is 12.7. The molecule has 37 heavy (non-hydrogen) atoms. The van der Waals surface area contributed by atoms with Crippen LogP contribution in [0.5, 0.6) is 5.88 Å². The number of hydrogen-bond donors (Lipinski definition) is 7. The van der Waals surface area contributed by atoms with Gasteiger partial charge in [0.1, 0.15) is 29.9 Å². The maximum atomic E-state index is 13.3. The second-order valence-electron chi connectivity index (χ2n) is 8.44. The highest BCUT2D eigenvalue weighted by Gasteiger charge is 2.54. The molecular formula is C18H27ClN7O10P. The van der Waals surface area contributed by atoms with Crippen LogP contribution in [0, 0.1) is 0 Å². The molecule has 206 valence electrons. The van der Waals surface area contributed by atoms with Crippen LogP contribution in [0.2, 0.25) is 5.28 Å². The first-order chi connectivity index (χ1) is 17.1. The maximum Gasteiger partial charge on any atom is 0.342 e. The van der Waals surface area contributed by atoms with Gasteiger partial charge in [-0.1, -0.05) is 0 Å². The van der Waals surface area contributed by atoms with E-state index >= 15 is 0 Å². The molecule has 1 aliphatic heterocycles. The number of nitrogens with one attached hydrogen (secondary N) is 2. The maximum absolute atomic E-state index is 13.3. The van der Waals surface area contributed by atoms with Gasteiger partial charge in [-0.05, 0) is 32.4 Å². The van der Waals surface area contributed by atoms with Gasteiger partial charge in [0.05, 0.1) is 13.7 Å². The van der Waals surface area contributed by atoms with E-state index in [1.807, 2.05) is 0 Å². The number of aliphatic hydroxyl groups excluding tert-OH is 1. The number of aliphatic hydroxyl groups is 2. The number of rotatable bonds is 11.